The van der Waals surface area contributed by atoms with Crippen molar-refractivity contribution in [1.82, 2.24) is 20.6 Å². The normalized spacial score (nSPS) is 27.4. The molecule has 11 nitrogen and oxygen atoms in total. The molecule has 3 aliphatic carbocycles. The first-order chi connectivity index (χ1) is 26.6. The Morgan fingerprint density at radius 2 is 1.88 bits per heavy atom. The number of benzene rings is 2. The predicted octanol–water partition coefficient (Wildman–Crippen LogP) is 5.29. The van der Waals surface area contributed by atoms with Gasteiger partial charge < -0.3 is 35.2 Å². The third-order valence-electron chi connectivity index (χ3n) is 12.9. The SMILES string of the molecule is CCOc1c(CN2O[C@@H](CO)[C@@H]([C@H](C)O)[C@H]2C(=O)N[C@H]2C[C@H]3C[C@@H]([C@@H]2C)C3(C)C)cccc1-c1cc(C(O)N[C@@H](Cc2cccs2)CN(C)C)cc(N(C)C)c1. The fraction of sp³-hybridized carbons (Fsp3) is 0.614. The van der Waals surface area contributed by atoms with E-state index in [-0.39, 0.29) is 36.6 Å². The highest BCUT2D eigenvalue weighted by molar-refractivity contribution is 7.09. The Morgan fingerprint density at radius 1 is 1.11 bits per heavy atom. The summed E-state index contributed by atoms with van der Waals surface area (Å²) in [6.07, 6.45) is 0.382. The van der Waals surface area contributed by atoms with Crippen molar-refractivity contribution in [3.05, 3.63) is 69.9 Å². The van der Waals surface area contributed by atoms with Crippen LogP contribution in [0.4, 0.5) is 5.69 Å². The number of likely N-dealkylation sites (N-methyl/N-ethyl adjacent to an activating group) is 1. The molecule has 1 unspecified atom stereocenters. The number of thiophene rings is 1. The molecule has 4 aliphatic rings. The van der Waals surface area contributed by atoms with Crippen molar-refractivity contribution in [2.24, 2.45) is 29.1 Å². The van der Waals surface area contributed by atoms with Gasteiger partial charge in [-0.1, -0.05) is 45.0 Å². The lowest BCUT2D eigenvalue weighted by atomic mass is 9.45. The van der Waals surface area contributed by atoms with Crippen molar-refractivity contribution in [3.63, 3.8) is 0 Å². The number of ether oxygens (including phenoxy) is 1. The van der Waals surface area contributed by atoms with E-state index in [9.17, 15) is 20.1 Å². The van der Waals surface area contributed by atoms with Crippen LogP contribution in [0.15, 0.2) is 53.9 Å². The number of nitrogens with zero attached hydrogens (tertiary/aromatic N) is 3. The molecule has 0 radical (unpaired) electrons. The Bertz CT molecular complexity index is 1770. The standard InChI is InChI=1S/C44H65N5O6S/c1-10-54-41-28(23-49-40(39(27(3)51)38(25-50)55-49)43(53)46-37-21-31-20-36(26(37)2)44(31,4)5)13-11-15-35(41)29-17-30(19-33(18-29)48(8)9)42(52)45-32(24-47(6)7)22-34-14-12-16-56-34/h11-19,26-27,31-32,36-40,42,45,50-52H,10,20-25H2,1-9H3,(H,46,53)/t26-,27-,31+,32-,36-,37-,38-,39+,40-,42?/m0/s1. The number of carbonyl (C=O) groups excluding carboxylic acids is 1. The van der Waals surface area contributed by atoms with Crippen molar-refractivity contribution in [2.45, 2.75) is 97.0 Å². The molecule has 2 aromatic carbocycles. The average Bonchev–Trinajstić information content (AvgIpc) is 3.80. The molecule has 1 amide bonds. The van der Waals surface area contributed by atoms with Gasteiger partial charge in [0, 0.05) is 60.3 Å². The topological polar surface area (TPSA) is 130 Å². The number of anilines is 1. The maximum absolute atomic E-state index is 14.4. The van der Waals surface area contributed by atoms with Gasteiger partial charge in [-0.25, -0.2) is 0 Å². The first-order valence-corrected chi connectivity index (χ1v) is 21.2. The largest absolute Gasteiger partial charge is 0.493 e. The van der Waals surface area contributed by atoms with Crippen LogP contribution in [0.1, 0.15) is 69.7 Å². The second-order valence-corrected chi connectivity index (χ2v) is 18.5. The average molecular weight is 792 g/mol. The van der Waals surface area contributed by atoms with Crippen molar-refractivity contribution in [2.75, 3.05) is 52.8 Å². The van der Waals surface area contributed by atoms with Crippen LogP contribution in [0.25, 0.3) is 11.1 Å². The minimum Gasteiger partial charge on any atom is -0.493 e. The number of hydrogen-bond donors (Lipinski definition) is 5. The third-order valence-corrected chi connectivity index (χ3v) is 13.8. The number of amides is 1. The molecule has 3 aromatic rings. The quantitative estimate of drug-likeness (QED) is 0.115. The Hall–Kier alpha value is -3.07. The highest BCUT2D eigenvalue weighted by Crippen LogP contribution is 2.61. The lowest BCUT2D eigenvalue weighted by Crippen LogP contribution is -2.62. The van der Waals surface area contributed by atoms with Gasteiger partial charge in [-0.2, -0.15) is 5.06 Å². The van der Waals surface area contributed by atoms with Crippen LogP contribution in [0.2, 0.25) is 0 Å². The van der Waals surface area contributed by atoms with Crippen molar-refractivity contribution < 1.29 is 29.7 Å². The summed E-state index contributed by atoms with van der Waals surface area (Å²) in [5.41, 5.74) is 4.46. The van der Waals surface area contributed by atoms with Gasteiger partial charge in [-0.05, 0) is 111 Å². The van der Waals surface area contributed by atoms with E-state index in [4.69, 9.17) is 9.57 Å². The van der Waals surface area contributed by atoms with Gasteiger partial charge in [0.25, 0.3) is 0 Å². The highest BCUT2D eigenvalue weighted by Gasteiger charge is 2.57. The van der Waals surface area contributed by atoms with Gasteiger partial charge in [-0.15, -0.1) is 11.3 Å². The number of aliphatic hydroxyl groups excluding tert-OH is 3. The Morgan fingerprint density at radius 3 is 2.48 bits per heavy atom. The summed E-state index contributed by atoms with van der Waals surface area (Å²) in [6.45, 7) is 11.6. The monoisotopic (exact) mass is 791 g/mol. The third kappa shape index (κ3) is 8.98. The van der Waals surface area contributed by atoms with Crippen molar-refractivity contribution >= 4 is 22.9 Å². The summed E-state index contributed by atoms with van der Waals surface area (Å²) < 4.78 is 6.42. The number of rotatable bonds is 17. The molecular weight excluding hydrogens is 727 g/mol. The Labute approximate surface area is 337 Å². The molecule has 2 bridgehead atoms. The molecule has 308 valence electrons. The summed E-state index contributed by atoms with van der Waals surface area (Å²) in [7, 11) is 8.05. The minimum atomic E-state index is -0.925. The maximum Gasteiger partial charge on any atom is 0.240 e. The Kier molecular flexibility index (Phi) is 13.5. The number of aliphatic hydroxyl groups is 3. The first-order valence-electron chi connectivity index (χ1n) is 20.3. The van der Waals surface area contributed by atoms with E-state index in [1.54, 1.807) is 23.3 Å². The van der Waals surface area contributed by atoms with E-state index in [0.717, 1.165) is 47.3 Å². The van der Waals surface area contributed by atoms with Gasteiger partial charge >= 0.3 is 0 Å². The van der Waals surface area contributed by atoms with Gasteiger partial charge in [0.2, 0.25) is 5.91 Å². The molecule has 10 atom stereocenters. The molecule has 1 saturated heterocycles. The minimum absolute atomic E-state index is 0.0186. The van der Waals surface area contributed by atoms with E-state index >= 15 is 0 Å². The lowest BCUT2D eigenvalue weighted by Gasteiger charge is -2.62. The molecule has 3 saturated carbocycles. The van der Waals surface area contributed by atoms with Crippen LogP contribution >= 0.6 is 11.3 Å². The number of carbonyl (C=O) groups is 1. The van der Waals surface area contributed by atoms with Gasteiger partial charge in [-0.3, -0.25) is 14.9 Å². The van der Waals surface area contributed by atoms with E-state index in [2.05, 4.69) is 59.9 Å². The van der Waals surface area contributed by atoms with Crippen LogP contribution in [-0.4, -0.2) is 109 Å². The van der Waals surface area contributed by atoms with Gasteiger partial charge in [0.1, 0.15) is 24.1 Å². The number of hydroxylamine groups is 2. The zero-order chi connectivity index (χ0) is 40.5. The second-order valence-electron chi connectivity index (χ2n) is 17.5. The van der Waals surface area contributed by atoms with Crippen molar-refractivity contribution in [1.29, 1.82) is 0 Å². The van der Waals surface area contributed by atoms with Gasteiger partial charge in [0.15, 0.2) is 0 Å². The zero-order valence-corrected chi connectivity index (χ0v) is 35.6. The second kappa shape index (κ2) is 17.8. The molecule has 5 N–H and O–H groups in total. The fourth-order valence-corrected chi connectivity index (χ4v) is 10.5. The summed E-state index contributed by atoms with van der Waals surface area (Å²) >= 11 is 1.72. The Balaban J connectivity index is 1.30. The summed E-state index contributed by atoms with van der Waals surface area (Å²) in [5.74, 6) is 1.31. The zero-order valence-electron chi connectivity index (χ0n) is 34.7. The summed E-state index contributed by atoms with van der Waals surface area (Å²) in [4.78, 5) is 26.1. The fourth-order valence-electron chi connectivity index (χ4n) is 9.72. The molecule has 4 fully saturated rings. The van der Waals surface area contributed by atoms with Crippen LogP contribution in [0.3, 0.4) is 0 Å². The number of fused-ring (bicyclic) bond motifs is 2. The lowest BCUT2D eigenvalue weighted by molar-refractivity contribution is -0.183. The number of hydrogen-bond acceptors (Lipinski definition) is 11. The van der Waals surface area contributed by atoms with Crippen LogP contribution in [-0.2, 0) is 22.6 Å². The predicted molar refractivity (Wildman–Crippen MR) is 223 cm³/mol. The molecule has 7 rings (SSSR count). The highest BCUT2D eigenvalue weighted by atomic mass is 32.1. The summed E-state index contributed by atoms with van der Waals surface area (Å²) in [5, 5.41) is 43.7. The van der Waals surface area contributed by atoms with Crippen molar-refractivity contribution in [3.8, 4) is 16.9 Å². The van der Waals surface area contributed by atoms with E-state index in [1.165, 1.54) is 11.3 Å². The molecule has 2 heterocycles. The van der Waals surface area contributed by atoms with Crippen LogP contribution in [0.5, 0.6) is 5.75 Å². The number of para-hydroxylation sites is 1. The van der Waals surface area contributed by atoms with Crippen LogP contribution < -0.4 is 20.3 Å². The molecular formula is C44H65N5O6S. The maximum atomic E-state index is 14.4. The molecule has 0 spiro atoms. The van der Waals surface area contributed by atoms with E-state index in [0.29, 0.717) is 30.1 Å². The smallest absolute Gasteiger partial charge is 0.240 e. The number of nitrogens with one attached hydrogen (secondary N) is 2. The van der Waals surface area contributed by atoms with Crippen LogP contribution in [0, 0.1) is 29.1 Å². The van der Waals surface area contributed by atoms with E-state index in [1.807, 2.05) is 70.3 Å². The van der Waals surface area contributed by atoms with Gasteiger partial charge in [0.05, 0.1) is 25.9 Å². The van der Waals surface area contributed by atoms with E-state index < -0.39 is 30.4 Å². The summed E-state index contributed by atoms with van der Waals surface area (Å²) in [6, 6.07) is 15.5. The molecule has 12 heteroatoms. The molecule has 56 heavy (non-hydrogen) atoms. The molecule has 1 aromatic heterocycles. The first kappa shape index (κ1) is 42.5. The molecule has 1 aliphatic heterocycles.